The third kappa shape index (κ3) is 9.96. The highest BCUT2D eigenvalue weighted by molar-refractivity contribution is 5.92. The second-order valence-corrected chi connectivity index (χ2v) is 9.86. The van der Waals surface area contributed by atoms with Gasteiger partial charge in [0, 0.05) is 20.0 Å². The smallest absolute Gasteiger partial charge is 0.408 e. The Balaban J connectivity index is 3.29. The summed E-state index contributed by atoms with van der Waals surface area (Å²) in [6, 6.07) is 3.67. The van der Waals surface area contributed by atoms with Gasteiger partial charge in [0.1, 0.15) is 17.7 Å². The standard InChI is InChI=1S/C26H42N4O5/c1-8-9-10-16-28-23(32)22(21-17(2)12-11-13-18(21)3)30(7)24(33)19(14-15-20(27)31)29-25(34)35-26(4,5)6/h11-13,19,22H,8-10,14-16H2,1-7H3,(H2,27,31)(H,28,32)(H,29,34). The number of unbranched alkanes of at least 4 members (excludes halogenated alkanes) is 2. The van der Waals surface area contributed by atoms with E-state index in [1.807, 2.05) is 32.0 Å². The van der Waals surface area contributed by atoms with Crippen LogP contribution in [0.2, 0.25) is 0 Å². The molecule has 0 saturated heterocycles. The highest BCUT2D eigenvalue weighted by Gasteiger charge is 2.35. The molecule has 0 bridgehead atoms. The molecule has 0 aliphatic heterocycles. The molecule has 0 spiro atoms. The second-order valence-electron chi connectivity index (χ2n) is 9.86. The SMILES string of the molecule is CCCCCNC(=O)C(c1c(C)cccc1C)N(C)C(=O)C(CCC(N)=O)NC(=O)OC(C)(C)C. The Morgan fingerprint density at radius 2 is 1.69 bits per heavy atom. The summed E-state index contributed by atoms with van der Waals surface area (Å²) in [6.07, 6.45) is 1.92. The third-order valence-electron chi connectivity index (χ3n) is 5.55. The number of nitrogens with zero attached hydrogens (tertiary/aromatic N) is 1. The predicted octanol–water partition coefficient (Wildman–Crippen LogP) is 3.27. The Bertz CT molecular complexity index is 874. The van der Waals surface area contributed by atoms with E-state index in [-0.39, 0.29) is 18.7 Å². The fourth-order valence-electron chi connectivity index (χ4n) is 3.81. The number of nitrogens with one attached hydrogen (secondary N) is 2. The number of likely N-dealkylation sites (N-methyl/N-ethyl adjacent to an activating group) is 1. The van der Waals surface area contributed by atoms with E-state index in [1.54, 1.807) is 20.8 Å². The molecule has 1 aromatic rings. The number of rotatable bonds is 12. The minimum absolute atomic E-state index is 0.0185. The van der Waals surface area contributed by atoms with Gasteiger partial charge in [-0.15, -0.1) is 0 Å². The van der Waals surface area contributed by atoms with Crippen molar-refractivity contribution in [2.24, 2.45) is 5.73 Å². The molecule has 0 fully saturated rings. The highest BCUT2D eigenvalue weighted by Crippen LogP contribution is 2.28. The number of carbonyl (C=O) groups is 4. The van der Waals surface area contributed by atoms with Crippen molar-refractivity contribution in [3.8, 4) is 0 Å². The van der Waals surface area contributed by atoms with E-state index in [1.165, 1.54) is 11.9 Å². The number of nitrogens with two attached hydrogens (primary N) is 1. The van der Waals surface area contributed by atoms with Crippen LogP contribution in [-0.4, -0.2) is 54.0 Å². The first-order valence-corrected chi connectivity index (χ1v) is 12.2. The van der Waals surface area contributed by atoms with Crippen LogP contribution in [0.4, 0.5) is 4.79 Å². The fraction of sp³-hybridized carbons (Fsp3) is 0.615. The first-order chi connectivity index (χ1) is 16.3. The summed E-state index contributed by atoms with van der Waals surface area (Å²) < 4.78 is 5.30. The van der Waals surface area contributed by atoms with Crippen LogP contribution in [0.5, 0.6) is 0 Å². The molecule has 4 N–H and O–H groups in total. The zero-order valence-corrected chi connectivity index (χ0v) is 22.2. The molecule has 1 aromatic carbocycles. The van der Waals surface area contributed by atoms with Gasteiger partial charge < -0.3 is 26.0 Å². The van der Waals surface area contributed by atoms with E-state index in [0.29, 0.717) is 6.54 Å². The van der Waals surface area contributed by atoms with Crippen molar-refractivity contribution in [1.29, 1.82) is 0 Å². The first-order valence-electron chi connectivity index (χ1n) is 12.2. The summed E-state index contributed by atoms with van der Waals surface area (Å²) in [6.45, 7) is 11.5. The number of benzene rings is 1. The number of aryl methyl sites for hydroxylation is 2. The second kappa shape index (κ2) is 13.7. The van der Waals surface area contributed by atoms with Gasteiger partial charge in [0.2, 0.25) is 17.7 Å². The molecule has 2 atom stereocenters. The maximum absolute atomic E-state index is 13.6. The molecule has 196 valence electrons. The lowest BCUT2D eigenvalue weighted by molar-refractivity contribution is -0.141. The van der Waals surface area contributed by atoms with Crippen molar-refractivity contribution in [3.05, 3.63) is 34.9 Å². The summed E-state index contributed by atoms with van der Waals surface area (Å²) in [4.78, 5) is 52.1. The van der Waals surface area contributed by atoms with Crippen LogP contribution in [0.3, 0.4) is 0 Å². The van der Waals surface area contributed by atoms with Gasteiger partial charge in [0.25, 0.3) is 0 Å². The maximum Gasteiger partial charge on any atom is 0.408 e. The van der Waals surface area contributed by atoms with Crippen LogP contribution >= 0.6 is 0 Å². The zero-order valence-electron chi connectivity index (χ0n) is 22.2. The summed E-state index contributed by atoms with van der Waals surface area (Å²) in [5.74, 6) is -1.43. The first kappa shape index (κ1) is 29.9. The molecule has 9 heteroatoms. The number of carbonyl (C=O) groups excluding carboxylic acids is 4. The van der Waals surface area contributed by atoms with Gasteiger partial charge in [-0.1, -0.05) is 38.0 Å². The third-order valence-corrected chi connectivity index (χ3v) is 5.55. The summed E-state index contributed by atoms with van der Waals surface area (Å²) in [5.41, 5.74) is 6.98. The molecule has 9 nitrogen and oxygen atoms in total. The van der Waals surface area contributed by atoms with Crippen molar-refractivity contribution in [3.63, 3.8) is 0 Å². The lowest BCUT2D eigenvalue weighted by atomic mass is 9.93. The monoisotopic (exact) mass is 490 g/mol. The van der Waals surface area contributed by atoms with Gasteiger partial charge >= 0.3 is 6.09 Å². The van der Waals surface area contributed by atoms with E-state index in [2.05, 4.69) is 17.6 Å². The van der Waals surface area contributed by atoms with Crippen LogP contribution in [0.1, 0.15) is 82.5 Å². The molecule has 4 amide bonds. The molecule has 35 heavy (non-hydrogen) atoms. The molecule has 2 unspecified atom stereocenters. The quantitative estimate of drug-likeness (QED) is 0.387. The van der Waals surface area contributed by atoms with E-state index in [9.17, 15) is 19.2 Å². The average Bonchev–Trinajstić information content (AvgIpc) is 2.74. The van der Waals surface area contributed by atoms with Crippen LogP contribution in [-0.2, 0) is 19.1 Å². The van der Waals surface area contributed by atoms with E-state index >= 15 is 0 Å². The van der Waals surface area contributed by atoms with Gasteiger partial charge in [-0.3, -0.25) is 14.4 Å². The highest BCUT2D eigenvalue weighted by atomic mass is 16.6. The van der Waals surface area contributed by atoms with Crippen molar-refractivity contribution < 1.29 is 23.9 Å². The predicted molar refractivity (Wildman–Crippen MR) is 136 cm³/mol. The van der Waals surface area contributed by atoms with Crippen LogP contribution in [0.25, 0.3) is 0 Å². The molecule has 0 aliphatic carbocycles. The van der Waals surface area contributed by atoms with E-state index in [4.69, 9.17) is 10.5 Å². The lowest BCUT2D eigenvalue weighted by Crippen LogP contribution is -2.52. The normalized spacial score (nSPS) is 12.9. The zero-order chi connectivity index (χ0) is 26.8. The van der Waals surface area contributed by atoms with Gasteiger partial charge in [-0.25, -0.2) is 4.79 Å². The van der Waals surface area contributed by atoms with Crippen LogP contribution in [0, 0.1) is 13.8 Å². The van der Waals surface area contributed by atoms with Gasteiger partial charge in [0.15, 0.2) is 0 Å². The largest absolute Gasteiger partial charge is 0.444 e. The molecular formula is C26H42N4O5. The Morgan fingerprint density at radius 3 is 2.20 bits per heavy atom. The van der Waals surface area contributed by atoms with Crippen LogP contribution in [0.15, 0.2) is 18.2 Å². The number of ether oxygens (including phenoxy) is 1. The molecule has 0 aromatic heterocycles. The average molecular weight is 491 g/mol. The Labute approximate surface area is 209 Å². The minimum atomic E-state index is -1.10. The number of alkyl carbamates (subject to hydrolysis) is 1. The molecule has 1 rings (SSSR count). The molecular weight excluding hydrogens is 448 g/mol. The maximum atomic E-state index is 13.6. The lowest BCUT2D eigenvalue weighted by Gasteiger charge is -2.33. The Hall–Kier alpha value is -3.10. The topological polar surface area (TPSA) is 131 Å². The number of amides is 4. The molecule has 0 radical (unpaired) electrons. The van der Waals surface area contributed by atoms with Gasteiger partial charge in [0.05, 0.1) is 0 Å². The number of hydrogen-bond donors (Lipinski definition) is 3. The Morgan fingerprint density at radius 1 is 1.09 bits per heavy atom. The van der Waals surface area contributed by atoms with Crippen molar-refractivity contribution in [2.75, 3.05) is 13.6 Å². The Kier molecular flexibility index (Phi) is 11.7. The number of primary amides is 1. The molecule has 0 aliphatic rings. The van der Waals surface area contributed by atoms with Gasteiger partial charge in [-0.05, 0) is 64.2 Å². The van der Waals surface area contributed by atoms with Gasteiger partial charge in [-0.2, -0.15) is 0 Å². The summed E-state index contributed by atoms with van der Waals surface area (Å²) in [5, 5.41) is 5.50. The van der Waals surface area contributed by atoms with Crippen molar-refractivity contribution in [1.82, 2.24) is 15.5 Å². The number of hydrogen-bond acceptors (Lipinski definition) is 5. The molecule has 0 heterocycles. The summed E-state index contributed by atoms with van der Waals surface area (Å²) >= 11 is 0. The van der Waals surface area contributed by atoms with Crippen LogP contribution < -0.4 is 16.4 Å². The van der Waals surface area contributed by atoms with Crippen molar-refractivity contribution >= 4 is 23.8 Å². The van der Waals surface area contributed by atoms with E-state index < -0.39 is 35.6 Å². The fourth-order valence-corrected chi connectivity index (χ4v) is 3.81. The summed E-state index contributed by atoms with van der Waals surface area (Å²) in [7, 11) is 1.53. The van der Waals surface area contributed by atoms with Crippen molar-refractivity contribution in [2.45, 2.75) is 91.3 Å². The minimum Gasteiger partial charge on any atom is -0.444 e. The van der Waals surface area contributed by atoms with E-state index in [0.717, 1.165) is 36.0 Å². The molecule has 0 saturated carbocycles.